The first-order valence-electron chi connectivity index (χ1n) is 4.04. The van der Waals surface area contributed by atoms with Gasteiger partial charge >= 0.3 is 0 Å². The molecule has 1 rings (SSSR count). The molecule has 1 atom stereocenters. The van der Waals surface area contributed by atoms with E-state index in [1.165, 1.54) is 6.08 Å². The van der Waals surface area contributed by atoms with Crippen LogP contribution >= 0.6 is 0 Å². The van der Waals surface area contributed by atoms with Gasteiger partial charge in [-0.2, -0.15) is 0 Å². The zero-order valence-corrected chi connectivity index (χ0v) is 7.40. The van der Waals surface area contributed by atoms with E-state index < -0.39 is 6.10 Å². The molecule has 3 heteroatoms. The lowest BCUT2D eigenvalue weighted by Gasteiger charge is -2.04. The molecule has 0 spiro atoms. The highest BCUT2D eigenvalue weighted by Gasteiger charge is 1.99. The Morgan fingerprint density at radius 1 is 1.46 bits per heavy atom. The maximum atomic E-state index is 9.82. The Balaban J connectivity index is 2.75. The highest BCUT2D eigenvalue weighted by molar-refractivity contribution is 5.34. The summed E-state index contributed by atoms with van der Waals surface area (Å²) in [5, 5.41) is 9.20. The zero-order valence-electron chi connectivity index (χ0n) is 7.40. The molecule has 0 aliphatic carbocycles. The molecule has 1 unspecified atom stereocenters. The van der Waals surface area contributed by atoms with Crippen LogP contribution in [0.5, 0.6) is 0 Å². The molecule has 1 aromatic rings. The SMILES string of the molecule is CC(O)c1ccc(CN=C=O)cc1. The maximum absolute atomic E-state index is 9.82. The lowest BCUT2D eigenvalue weighted by atomic mass is 10.1. The number of nitrogens with zero attached hydrogens (tertiary/aromatic N) is 1. The smallest absolute Gasteiger partial charge is 0.235 e. The van der Waals surface area contributed by atoms with Crippen LogP contribution < -0.4 is 0 Å². The molecule has 0 aliphatic rings. The predicted octanol–water partition coefficient (Wildman–Crippen LogP) is 1.58. The van der Waals surface area contributed by atoms with Crippen LogP contribution in [0.1, 0.15) is 24.2 Å². The first kappa shape index (κ1) is 9.65. The van der Waals surface area contributed by atoms with Gasteiger partial charge in [0.25, 0.3) is 0 Å². The van der Waals surface area contributed by atoms with Crippen LogP contribution in [0.25, 0.3) is 0 Å². The van der Waals surface area contributed by atoms with Crippen molar-refractivity contribution in [3.8, 4) is 0 Å². The summed E-state index contributed by atoms with van der Waals surface area (Å²) in [4.78, 5) is 13.3. The van der Waals surface area contributed by atoms with Gasteiger partial charge in [0.1, 0.15) is 0 Å². The summed E-state index contributed by atoms with van der Waals surface area (Å²) in [5.41, 5.74) is 1.80. The van der Waals surface area contributed by atoms with Gasteiger partial charge in [0.15, 0.2) is 0 Å². The number of aliphatic hydroxyl groups excluding tert-OH is 1. The maximum Gasteiger partial charge on any atom is 0.235 e. The number of carbonyl (C=O) groups excluding carboxylic acids is 1. The molecular formula is C10H11NO2. The first-order chi connectivity index (χ1) is 6.24. The normalized spacial score (nSPS) is 11.8. The largest absolute Gasteiger partial charge is 0.389 e. The lowest BCUT2D eigenvalue weighted by Crippen LogP contribution is -1.90. The molecule has 0 aromatic heterocycles. The van der Waals surface area contributed by atoms with E-state index in [2.05, 4.69) is 4.99 Å². The standard InChI is InChI=1S/C10H11NO2/c1-8(13)10-4-2-9(3-5-10)6-11-7-12/h2-5,8,13H,6H2,1H3. The van der Waals surface area contributed by atoms with Crippen molar-refractivity contribution in [3.63, 3.8) is 0 Å². The predicted molar refractivity (Wildman–Crippen MR) is 48.9 cm³/mol. The Bertz CT molecular complexity index is 310. The van der Waals surface area contributed by atoms with Gasteiger partial charge in [0, 0.05) is 0 Å². The molecule has 68 valence electrons. The van der Waals surface area contributed by atoms with E-state index >= 15 is 0 Å². The monoisotopic (exact) mass is 177 g/mol. The number of rotatable bonds is 3. The highest BCUT2D eigenvalue weighted by Crippen LogP contribution is 2.12. The van der Waals surface area contributed by atoms with E-state index in [9.17, 15) is 9.90 Å². The topological polar surface area (TPSA) is 49.7 Å². The summed E-state index contributed by atoms with van der Waals surface area (Å²) < 4.78 is 0. The zero-order chi connectivity index (χ0) is 9.68. The van der Waals surface area contributed by atoms with E-state index in [1.54, 1.807) is 6.92 Å². The number of hydrogen-bond donors (Lipinski definition) is 1. The Morgan fingerprint density at radius 3 is 2.54 bits per heavy atom. The minimum Gasteiger partial charge on any atom is -0.389 e. The van der Waals surface area contributed by atoms with Gasteiger partial charge in [-0.05, 0) is 18.1 Å². The molecule has 0 aliphatic heterocycles. The van der Waals surface area contributed by atoms with Crippen LogP contribution in [0.15, 0.2) is 29.3 Å². The summed E-state index contributed by atoms with van der Waals surface area (Å²) >= 11 is 0. The minimum absolute atomic E-state index is 0.351. The molecule has 0 saturated heterocycles. The molecule has 13 heavy (non-hydrogen) atoms. The van der Waals surface area contributed by atoms with Crippen LogP contribution in [-0.2, 0) is 11.3 Å². The average molecular weight is 177 g/mol. The summed E-state index contributed by atoms with van der Waals surface area (Å²) in [5.74, 6) is 0. The van der Waals surface area contributed by atoms with Crippen molar-refractivity contribution in [3.05, 3.63) is 35.4 Å². The van der Waals surface area contributed by atoms with Crippen molar-refractivity contribution in [1.29, 1.82) is 0 Å². The third kappa shape index (κ3) is 2.82. The van der Waals surface area contributed by atoms with E-state index in [0.29, 0.717) is 6.54 Å². The van der Waals surface area contributed by atoms with E-state index in [4.69, 9.17) is 0 Å². The fourth-order valence-electron chi connectivity index (χ4n) is 1.03. The molecule has 3 nitrogen and oxygen atoms in total. The summed E-state index contributed by atoms with van der Waals surface area (Å²) in [7, 11) is 0. The third-order valence-electron chi connectivity index (χ3n) is 1.79. The van der Waals surface area contributed by atoms with Crippen LogP contribution in [-0.4, -0.2) is 11.2 Å². The van der Waals surface area contributed by atoms with Crippen molar-refractivity contribution in [2.75, 3.05) is 0 Å². The van der Waals surface area contributed by atoms with Crippen molar-refractivity contribution < 1.29 is 9.90 Å². The number of isocyanates is 1. The van der Waals surface area contributed by atoms with Gasteiger partial charge < -0.3 is 5.11 Å². The quantitative estimate of drug-likeness (QED) is 0.562. The molecule has 0 fully saturated rings. The summed E-state index contributed by atoms with van der Waals surface area (Å²) in [6.45, 7) is 2.06. The Labute approximate surface area is 76.7 Å². The molecule has 1 aromatic carbocycles. The fourth-order valence-corrected chi connectivity index (χ4v) is 1.03. The second-order valence-electron chi connectivity index (χ2n) is 2.83. The van der Waals surface area contributed by atoms with Gasteiger partial charge in [-0.1, -0.05) is 24.3 Å². The molecule has 0 bridgehead atoms. The number of hydrogen-bond acceptors (Lipinski definition) is 3. The second kappa shape index (κ2) is 4.55. The lowest BCUT2D eigenvalue weighted by molar-refractivity contribution is 0.199. The fraction of sp³-hybridized carbons (Fsp3) is 0.300. The molecule has 0 radical (unpaired) electrons. The van der Waals surface area contributed by atoms with E-state index in [-0.39, 0.29) is 0 Å². The van der Waals surface area contributed by atoms with E-state index in [1.807, 2.05) is 24.3 Å². The van der Waals surface area contributed by atoms with Crippen molar-refractivity contribution in [2.24, 2.45) is 4.99 Å². The Kier molecular flexibility index (Phi) is 3.38. The molecule has 0 heterocycles. The molecule has 0 saturated carbocycles. The summed E-state index contributed by atoms with van der Waals surface area (Å²) in [6.07, 6.45) is 1.02. The van der Waals surface area contributed by atoms with Gasteiger partial charge in [-0.3, -0.25) is 0 Å². The van der Waals surface area contributed by atoms with Crippen molar-refractivity contribution >= 4 is 6.08 Å². The minimum atomic E-state index is -0.455. The van der Waals surface area contributed by atoms with Gasteiger partial charge in [-0.25, -0.2) is 9.79 Å². The van der Waals surface area contributed by atoms with Gasteiger partial charge in [0.05, 0.1) is 12.6 Å². The van der Waals surface area contributed by atoms with Crippen molar-refractivity contribution in [2.45, 2.75) is 19.6 Å². The van der Waals surface area contributed by atoms with Crippen LogP contribution in [0.2, 0.25) is 0 Å². The second-order valence-corrected chi connectivity index (χ2v) is 2.83. The third-order valence-corrected chi connectivity index (χ3v) is 1.79. The molecule has 0 amide bonds. The number of benzene rings is 1. The first-order valence-corrected chi connectivity index (χ1v) is 4.04. The van der Waals surface area contributed by atoms with Crippen molar-refractivity contribution in [1.82, 2.24) is 0 Å². The highest BCUT2D eigenvalue weighted by atomic mass is 16.3. The van der Waals surface area contributed by atoms with Gasteiger partial charge in [0.2, 0.25) is 6.08 Å². The van der Waals surface area contributed by atoms with E-state index in [0.717, 1.165) is 11.1 Å². The molecular weight excluding hydrogens is 166 g/mol. The van der Waals surface area contributed by atoms with Crippen LogP contribution in [0.3, 0.4) is 0 Å². The van der Waals surface area contributed by atoms with Crippen LogP contribution in [0, 0.1) is 0 Å². The Morgan fingerprint density at radius 2 is 2.08 bits per heavy atom. The Hall–Kier alpha value is -1.44. The van der Waals surface area contributed by atoms with Gasteiger partial charge in [-0.15, -0.1) is 0 Å². The van der Waals surface area contributed by atoms with Crippen LogP contribution in [0.4, 0.5) is 0 Å². The summed E-state index contributed by atoms with van der Waals surface area (Å²) in [6, 6.07) is 7.31. The number of aliphatic hydroxyl groups is 1. The average Bonchev–Trinajstić information content (AvgIpc) is 2.15. The number of aliphatic imine (C=N–C) groups is 1. The molecule has 1 N–H and O–H groups in total.